The molecule has 104 valence electrons. The summed E-state index contributed by atoms with van der Waals surface area (Å²) in [6.45, 7) is 8.20. The van der Waals surface area contributed by atoms with Crippen molar-refractivity contribution in [3.8, 4) is 0 Å². The normalized spacial score (nSPS) is 55.7. The first kappa shape index (κ1) is 11.9. The Kier molecular flexibility index (Phi) is 2.14. The quantitative estimate of drug-likeness (QED) is 0.381. The van der Waals surface area contributed by atoms with Crippen molar-refractivity contribution in [3.63, 3.8) is 0 Å². The van der Waals surface area contributed by atoms with E-state index in [9.17, 15) is 4.79 Å². The molecular formula is C15H20O4. The van der Waals surface area contributed by atoms with Gasteiger partial charge in [-0.1, -0.05) is 6.58 Å². The minimum Gasteiger partial charge on any atom is -0.458 e. The summed E-state index contributed by atoms with van der Waals surface area (Å²) in [5.74, 6) is -0.142. The van der Waals surface area contributed by atoms with Gasteiger partial charge in [-0.25, -0.2) is 4.79 Å². The van der Waals surface area contributed by atoms with Crippen LogP contribution in [-0.2, 0) is 19.0 Å². The summed E-state index contributed by atoms with van der Waals surface area (Å²) in [6, 6.07) is 0. The molecule has 4 rings (SSSR count). The number of rotatable bonds is 0. The molecule has 0 radical (unpaired) electrons. The number of carbonyl (C=O) groups excluding carboxylic acids is 1. The van der Waals surface area contributed by atoms with E-state index in [1.807, 2.05) is 0 Å². The highest BCUT2D eigenvalue weighted by Gasteiger charge is 2.61. The van der Waals surface area contributed by atoms with Crippen LogP contribution in [0, 0.1) is 5.92 Å². The van der Waals surface area contributed by atoms with Crippen LogP contribution >= 0.6 is 0 Å². The van der Waals surface area contributed by atoms with Crippen LogP contribution in [0.5, 0.6) is 0 Å². The Morgan fingerprint density at radius 1 is 1.21 bits per heavy atom. The summed E-state index contributed by atoms with van der Waals surface area (Å²) >= 11 is 0. The van der Waals surface area contributed by atoms with E-state index < -0.39 is 0 Å². The lowest BCUT2D eigenvalue weighted by atomic mass is 9.81. The predicted molar refractivity (Wildman–Crippen MR) is 67.5 cm³/mol. The average molecular weight is 264 g/mol. The third-order valence-corrected chi connectivity index (χ3v) is 5.47. The van der Waals surface area contributed by atoms with Gasteiger partial charge in [-0.15, -0.1) is 0 Å². The van der Waals surface area contributed by atoms with Crippen LogP contribution in [0.25, 0.3) is 0 Å². The monoisotopic (exact) mass is 264 g/mol. The van der Waals surface area contributed by atoms with Crippen molar-refractivity contribution in [1.29, 1.82) is 0 Å². The van der Waals surface area contributed by atoms with Crippen molar-refractivity contribution < 1.29 is 19.0 Å². The molecule has 3 heterocycles. The van der Waals surface area contributed by atoms with Crippen molar-refractivity contribution in [2.45, 2.75) is 69.0 Å². The van der Waals surface area contributed by atoms with E-state index in [2.05, 4.69) is 20.4 Å². The van der Waals surface area contributed by atoms with Gasteiger partial charge in [0.25, 0.3) is 0 Å². The van der Waals surface area contributed by atoms with E-state index in [1.165, 1.54) is 0 Å². The molecule has 4 aliphatic rings. The van der Waals surface area contributed by atoms with Gasteiger partial charge in [0, 0.05) is 17.9 Å². The molecule has 19 heavy (non-hydrogen) atoms. The SMILES string of the molecule is C=C1C(=O)O[C@H]2C[C@@]3(C)O[C@@H]3CC[C@@]3(C)O[C@@H]3CC12. The number of carbonyl (C=O) groups is 1. The van der Waals surface area contributed by atoms with Gasteiger partial charge in [0.15, 0.2) is 0 Å². The van der Waals surface area contributed by atoms with Crippen molar-refractivity contribution in [2.24, 2.45) is 5.92 Å². The van der Waals surface area contributed by atoms with E-state index in [4.69, 9.17) is 14.2 Å². The van der Waals surface area contributed by atoms with Gasteiger partial charge < -0.3 is 14.2 Å². The maximum Gasteiger partial charge on any atom is 0.334 e. The molecule has 1 aliphatic carbocycles. The lowest BCUT2D eigenvalue weighted by Gasteiger charge is -2.21. The molecule has 3 saturated heterocycles. The average Bonchev–Trinajstić information content (AvgIpc) is 3.15. The first-order chi connectivity index (χ1) is 8.91. The zero-order chi connectivity index (χ0) is 13.4. The largest absolute Gasteiger partial charge is 0.458 e. The Balaban J connectivity index is 1.62. The Hall–Kier alpha value is -0.870. The summed E-state index contributed by atoms with van der Waals surface area (Å²) in [6.07, 6.45) is 4.17. The molecule has 6 atom stereocenters. The molecule has 0 aromatic rings. The summed E-state index contributed by atoms with van der Waals surface area (Å²) in [7, 11) is 0. The molecule has 3 aliphatic heterocycles. The zero-order valence-electron chi connectivity index (χ0n) is 11.5. The predicted octanol–water partition coefficient (Wildman–Crippen LogP) is 1.97. The number of hydrogen-bond donors (Lipinski definition) is 0. The van der Waals surface area contributed by atoms with Crippen LogP contribution in [0.15, 0.2) is 12.2 Å². The van der Waals surface area contributed by atoms with Crippen LogP contribution in [0.4, 0.5) is 0 Å². The molecule has 1 saturated carbocycles. The molecule has 0 N–H and O–H groups in total. The molecule has 0 aromatic heterocycles. The van der Waals surface area contributed by atoms with Crippen molar-refractivity contribution in [1.82, 2.24) is 0 Å². The lowest BCUT2D eigenvalue weighted by molar-refractivity contribution is -0.139. The maximum absolute atomic E-state index is 11.8. The standard InChI is InChI=1S/C15H20O4/c1-8-9-6-12-14(2,19-12)5-4-11-15(3,18-11)7-10(9)17-13(8)16/h9-12H,1,4-7H2,2-3H3/t9?,10-,11+,12+,14+,15+/m0/s1. The van der Waals surface area contributed by atoms with Crippen LogP contribution < -0.4 is 0 Å². The maximum atomic E-state index is 11.8. The number of esters is 1. The fourth-order valence-corrected chi connectivity index (χ4v) is 3.84. The molecular weight excluding hydrogens is 244 g/mol. The first-order valence-electron chi connectivity index (χ1n) is 7.17. The van der Waals surface area contributed by atoms with Crippen LogP contribution in [0.2, 0.25) is 0 Å². The summed E-state index contributed by atoms with van der Waals surface area (Å²) < 4.78 is 17.2. The van der Waals surface area contributed by atoms with Crippen LogP contribution in [0.1, 0.15) is 39.5 Å². The van der Waals surface area contributed by atoms with Gasteiger partial charge in [0.1, 0.15) is 6.10 Å². The van der Waals surface area contributed by atoms with E-state index in [1.54, 1.807) is 0 Å². The third-order valence-electron chi connectivity index (χ3n) is 5.47. The lowest BCUT2D eigenvalue weighted by Crippen LogP contribution is -2.28. The fraction of sp³-hybridized carbons (Fsp3) is 0.800. The molecule has 0 bridgehead atoms. The molecule has 0 aromatic carbocycles. The fourth-order valence-electron chi connectivity index (χ4n) is 3.84. The Morgan fingerprint density at radius 3 is 2.74 bits per heavy atom. The topological polar surface area (TPSA) is 51.4 Å². The van der Waals surface area contributed by atoms with Gasteiger partial charge in [0.2, 0.25) is 0 Å². The number of hydrogen-bond acceptors (Lipinski definition) is 4. The van der Waals surface area contributed by atoms with Crippen molar-refractivity contribution >= 4 is 5.97 Å². The minimum absolute atomic E-state index is 0.0271. The highest BCUT2D eigenvalue weighted by atomic mass is 16.6. The van der Waals surface area contributed by atoms with Gasteiger partial charge in [-0.05, 0) is 33.1 Å². The minimum atomic E-state index is -0.239. The molecule has 0 spiro atoms. The summed E-state index contributed by atoms with van der Waals surface area (Å²) in [5, 5.41) is 0. The number of epoxide rings is 2. The third kappa shape index (κ3) is 1.69. The highest BCUT2D eigenvalue weighted by molar-refractivity contribution is 5.90. The van der Waals surface area contributed by atoms with Crippen LogP contribution in [0.3, 0.4) is 0 Å². The van der Waals surface area contributed by atoms with Crippen LogP contribution in [-0.4, -0.2) is 35.5 Å². The molecule has 1 unspecified atom stereocenters. The van der Waals surface area contributed by atoms with Gasteiger partial charge in [-0.2, -0.15) is 0 Å². The van der Waals surface area contributed by atoms with Gasteiger partial charge in [0.05, 0.1) is 23.4 Å². The number of fused-ring (bicyclic) bond motifs is 3. The Bertz CT molecular complexity index is 473. The summed E-state index contributed by atoms with van der Waals surface area (Å²) in [5.41, 5.74) is 0.469. The van der Waals surface area contributed by atoms with Gasteiger partial charge >= 0.3 is 5.97 Å². The van der Waals surface area contributed by atoms with Gasteiger partial charge in [-0.3, -0.25) is 0 Å². The highest BCUT2D eigenvalue weighted by Crippen LogP contribution is 2.53. The number of ether oxygens (including phenoxy) is 3. The zero-order valence-corrected chi connectivity index (χ0v) is 11.5. The first-order valence-corrected chi connectivity index (χ1v) is 7.17. The van der Waals surface area contributed by atoms with Crippen molar-refractivity contribution in [3.05, 3.63) is 12.2 Å². The summed E-state index contributed by atoms with van der Waals surface area (Å²) in [4.78, 5) is 11.8. The van der Waals surface area contributed by atoms with E-state index in [-0.39, 0.29) is 35.3 Å². The second-order valence-electron chi connectivity index (χ2n) is 6.89. The Morgan fingerprint density at radius 2 is 1.95 bits per heavy atom. The second-order valence-corrected chi connectivity index (χ2v) is 6.89. The van der Waals surface area contributed by atoms with Crippen molar-refractivity contribution in [2.75, 3.05) is 0 Å². The van der Waals surface area contributed by atoms with E-state index in [0.29, 0.717) is 11.7 Å². The van der Waals surface area contributed by atoms with E-state index in [0.717, 1.165) is 25.7 Å². The van der Waals surface area contributed by atoms with E-state index >= 15 is 0 Å². The smallest absolute Gasteiger partial charge is 0.334 e. The molecule has 0 amide bonds. The molecule has 4 fully saturated rings. The second kappa shape index (κ2) is 3.41. The molecule has 4 heteroatoms. The Labute approximate surface area is 113 Å². The molecule has 4 nitrogen and oxygen atoms in total.